The third-order valence-electron chi connectivity index (χ3n) is 14.3. The minimum Gasteiger partial charge on any atom is -0.392 e. The van der Waals surface area contributed by atoms with Crippen molar-refractivity contribution in [1.29, 1.82) is 0 Å². The second-order valence-electron chi connectivity index (χ2n) is 19.3. The summed E-state index contributed by atoms with van der Waals surface area (Å²) in [5.74, 6) is -3.62. The van der Waals surface area contributed by atoms with Gasteiger partial charge >= 0.3 is 0 Å². The maximum Gasteiger partial charge on any atom is 0.227 e. The summed E-state index contributed by atoms with van der Waals surface area (Å²) in [6.07, 6.45) is -6.53. The third kappa shape index (κ3) is 11.2. The van der Waals surface area contributed by atoms with Gasteiger partial charge in [0.25, 0.3) is 0 Å². The number of nitrogens with zero attached hydrogens (tertiary/aromatic N) is 2. The maximum atomic E-state index is 15.0. The van der Waals surface area contributed by atoms with Gasteiger partial charge in [0.1, 0.15) is 18.0 Å². The molecule has 0 radical (unpaired) electrons. The molecule has 0 amide bonds. The number of likely N-dealkylation sites (N-methyl/N-ethyl adjacent to an activating group) is 1. The number of fused-ring (bicyclic) bond motifs is 1. The molecule has 16 heteroatoms. The Hall–Kier alpha value is -1.38. The highest BCUT2D eigenvalue weighted by atomic mass is 32.2. The Morgan fingerprint density at radius 3 is 2.05 bits per heavy atom. The summed E-state index contributed by atoms with van der Waals surface area (Å²) < 4.78 is 38.8. The summed E-state index contributed by atoms with van der Waals surface area (Å²) in [6.45, 7) is 18.5. The van der Waals surface area contributed by atoms with Gasteiger partial charge in [-0.15, -0.1) is 0 Å². The normalized spacial score (nSPS) is 44.9. The molecular formula is C46H76N2O12S2. The topological polar surface area (TPSA) is 178 Å². The fourth-order valence-electron chi connectivity index (χ4n) is 10.3. The number of benzene rings is 1. The lowest BCUT2D eigenvalue weighted by atomic mass is 9.69. The van der Waals surface area contributed by atoms with Crippen LogP contribution in [-0.2, 0) is 38.1 Å². The Bertz CT molecular complexity index is 1650. The number of aliphatic hydroxyl groups excluding tert-OH is 3. The van der Waals surface area contributed by atoms with E-state index in [9.17, 15) is 20.4 Å². The molecule has 1 aromatic carbocycles. The molecule has 2 saturated heterocycles. The highest BCUT2D eigenvalue weighted by molar-refractivity contribution is 8.19. The van der Waals surface area contributed by atoms with Crippen LogP contribution in [0.3, 0.4) is 0 Å². The molecule has 0 bridgehead atoms. The number of ketones is 1. The van der Waals surface area contributed by atoms with Crippen molar-refractivity contribution in [1.82, 2.24) is 4.90 Å². The molecule has 4 N–H and O–H groups in total. The quantitative estimate of drug-likeness (QED) is 0.198. The number of oxime groups is 1. The first-order valence-electron chi connectivity index (χ1n) is 22.3. The van der Waals surface area contributed by atoms with E-state index in [0.29, 0.717) is 25.0 Å². The zero-order valence-electron chi connectivity index (χ0n) is 39.3. The minimum absolute atomic E-state index is 0.0981. The fourth-order valence-corrected chi connectivity index (χ4v) is 12.7. The van der Waals surface area contributed by atoms with Crippen LogP contribution in [0.1, 0.15) is 101 Å². The molecule has 1 aliphatic carbocycles. The lowest BCUT2D eigenvalue weighted by Gasteiger charge is -2.50. The van der Waals surface area contributed by atoms with E-state index >= 15 is 4.79 Å². The van der Waals surface area contributed by atoms with Crippen molar-refractivity contribution in [2.45, 2.75) is 194 Å². The Morgan fingerprint density at radius 2 is 1.48 bits per heavy atom. The van der Waals surface area contributed by atoms with Crippen molar-refractivity contribution < 1.29 is 58.5 Å². The summed E-state index contributed by atoms with van der Waals surface area (Å²) in [7, 11) is 6.99. The molecule has 3 aliphatic heterocycles. The van der Waals surface area contributed by atoms with Crippen molar-refractivity contribution in [3.63, 3.8) is 0 Å². The largest absolute Gasteiger partial charge is 0.392 e. The van der Waals surface area contributed by atoms with Crippen LogP contribution < -0.4 is 0 Å². The smallest absolute Gasteiger partial charge is 0.227 e. The molecule has 1 aromatic rings. The van der Waals surface area contributed by atoms with Crippen molar-refractivity contribution in [3.05, 3.63) is 24.3 Å². The van der Waals surface area contributed by atoms with Crippen LogP contribution in [-0.4, -0.2) is 148 Å². The Kier molecular flexibility index (Phi) is 17.5. The number of carbonyl (C=O) groups excluding carboxylic acids is 1. The Morgan fingerprint density at radius 1 is 0.871 bits per heavy atom. The summed E-state index contributed by atoms with van der Waals surface area (Å²) >= 11 is 3.13. The van der Waals surface area contributed by atoms with Gasteiger partial charge < -0.3 is 58.6 Å². The van der Waals surface area contributed by atoms with Crippen LogP contribution in [0.2, 0.25) is 0 Å². The van der Waals surface area contributed by atoms with E-state index in [0.717, 1.165) is 9.79 Å². The van der Waals surface area contributed by atoms with Gasteiger partial charge in [0.05, 0.1) is 53.0 Å². The maximum absolute atomic E-state index is 15.0. The van der Waals surface area contributed by atoms with E-state index in [1.165, 1.54) is 7.11 Å². The summed E-state index contributed by atoms with van der Waals surface area (Å²) in [5.41, 5.74) is -3.22. The van der Waals surface area contributed by atoms with Gasteiger partial charge in [-0.2, -0.15) is 0 Å². The average molecular weight is 913 g/mol. The molecule has 62 heavy (non-hydrogen) atoms. The molecule has 4 aliphatic rings. The van der Waals surface area contributed by atoms with E-state index in [-0.39, 0.29) is 41.5 Å². The Labute approximate surface area is 378 Å². The number of methoxy groups -OCH3 is 2. The molecule has 5 rings (SSSR count). The lowest BCUT2D eigenvalue weighted by molar-refractivity contribution is -0.318. The summed E-state index contributed by atoms with van der Waals surface area (Å²) in [5, 5.41) is 52.1. The number of thioether (sulfide) groups is 2. The number of hydrogen-bond donors (Lipinski definition) is 4. The van der Waals surface area contributed by atoms with Gasteiger partial charge in [-0.25, -0.2) is 0 Å². The lowest BCUT2D eigenvalue weighted by Crippen LogP contribution is -2.61. The standard InChI is InChI=1S/C46H76N2O12S2/c1-15-30-37(50)27(5)39(58-35-23-45(9,54-13)40(52)29(7)57-35)28(6)41(59-42-38(51)31(48(11)12)20-25(3)56-42)46(10,55-14)21-24(2)36(26(4)32(49)22-44(30,8)53)47-60-43-61-33-18-16-17-19-34(33)62-43/h16-19,24-32,35,38-43,49,51-53H,15,20-23H2,1-14H3/b47-36+/t24-,25-,26-,27+,28+,29+,30+,31+,32+,35+,38-,39-,40+,41-,42-,44+,45-,46-/m1/s1. The van der Waals surface area contributed by atoms with Crippen molar-refractivity contribution in [2.75, 3.05) is 28.3 Å². The van der Waals surface area contributed by atoms with Crippen LogP contribution in [0, 0.1) is 29.6 Å². The number of hydrogen-bond acceptors (Lipinski definition) is 16. The van der Waals surface area contributed by atoms with E-state index < -0.39 is 89.7 Å². The Balaban J connectivity index is 1.64. The first-order valence-corrected chi connectivity index (χ1v) is 24.1. The monoisotopic (exact) mass is 912 g/mol. The average Bonchev–Trinajstić information content (AvgIpc) is 3.64. The molecule has 0 aromatic heterocycles. The highest BCUT2D eigenvalue weighted by Crippen LogP contribution is 2.49. The fraction of sp³-hybridized carbons (Fsp3) is 0.826. The zero-order chi connectivity index (χ0) is 46.1. The van der Waals surface area contributed by atoms with Gasteiger partial charge in [-0.3, -0.25) is 4.79 Å². The highest BCUT2D eigenvalue weighted by Gasteiger charge is 2.53. The van der Waals surface area contributed by atoms with Crippen LogP contribution >= 0.6 is 23.5 Å². The SMILES string of the molecule is CC[C@H]1C(=O)[C@H](C)[C@@H](O[C@H]2C[C@@](C)(OC)[C@@H](O)[C@H](C)O2)[C@H](C)[C@@H](O[C@H]2O[C@H](C)C[C@H](N(C)C)[C@H]2O)[C@](C)(OC)C[C@@H](C)/C(=N\OC2Sc3ccccc3S2)[C@H](C)[C@@H](O)C[C@]1(C)O. The van der Waals surface area contributed by atoms with Crippen molar-refractivity contribution in [2.24, 2.45) is 34.7 Å². The molecule has 0 unspecified atom stereocenters. The number of Topliss-reactive ketones (excluding diaryl/α,β-unsaturated/α-hetero) is 1. The first kappa shape index (κ1) is 51.6. The molecule has 0 spiro atoms. The minimum atomic E-state index is -1.62. The first-order chi connectivity index (χ1) is 29.0. The number of ether oxygens (including phenoxy) is 6. The second kappa shape index (κ2) is 21.1. The van der Waals surface area contributed by atoms with Crippen LogP contribution in [0.4, 0.5) is 0 Å². The molecule has 14 nitrogen and oxygen atoms in total. The number of carbonyl (C=O) groups is 1. The molecule has 18 atom stereocenters. The molecule has 3 fully saturated rings. The van der Waals surface area contributed by atoms with Gasteiger partial charge in [0, 0.05) is 72.5 Å². The summed E-state index contributed by atoms with van der Waals surface area (Å²) in [4.78, 5) is 25.5. The number of aliphatic hydroxyl groups is 4. The predicted molar refractivity (Wildman–Crippen MR) is 240 cm³/mol. The van der Waals surface area contributed by atoms with Gasteiger partial charge in [0.15, 0.2) is 12.6 Å². The third-order valence-corrected chi connectivity index (χ3v) is 16.8. The van der Waals surface area contributed by atoms with E-state index in [1.807, 2.05) is 84.8 Å². The van der Waals surface area contributed by atoms with Crippen LogP contribution in [0.25, 0.3) is 0 Å². The van der Waals surface area contributed by atoms with Crippen LogP contribution in [0.15, 0.2) is 39.2 Å². The van der Waals surface area contributed by atoms with E-state index in [1.54, 1.807) is 58.3 Å². The molecule has 1 saturated carbocycles. The molecule has 354 valence electrons. The van der Waals surface area contributed by atoms with Gasteiger partial charge in [-0.1, -0.05) is 75.4 Å². The second-order valence-corrected chi connectivity index (χ2v) is 21.8. The number of rotatable bonds is 10. The van der Waals surface area contributed by atoms with Crippen molar-refractivity contribution >= 4 is 35.0 Å². The van der Waals surface area contributed by atoms with Crippen molar-refractivity contribution in [3.8, 4) is 0 Å². The predicted octanol–water partition coefficient (Wildman–Crippen LogP) is 6.09. The van der Waals surface area contributed by atoms with Gasteiger partial charge in [0.2, 0.25) is 4.77 Å². The molecular weight excluding hydrogens is 837 g/mol. The zero-order valence-corrected chi connectivity index (χ0v) is 41.0. The van der Waals surface area contributed by atoms with E-state index in [4.69, 9.17) is 38.4 Å². The van der Waals surface area contributed by atoms with E-state index in [2.05, 4.69) is 0 Å². The van der Waals surface area contributed by atoms with Crippen LogP contribution in [0.5, 0.6) is 0 Å². The summed E-state index contributed by atoms with van der Waals surface area (Å²) in [6, 6.07) is 7.81. The molecule has 3 heterocycles. The van der Waals surface area contributed by atoms with Gasteiger partial charge in [-0.05, 0) is 80.1 Å².